The van der Waals surface area contributed by atoms with E-state index in [1.54, 1.807) is 0 Å². The lowest BCUT2D eigenvalue weighted by Crippen LogP contribution is -2.30. The van der Waals surface area contributed by atoms with Crippen LogP contribution in [0.15, 0.2) is 54.6 Å². The molecule has 0 aliphatic heterocycles. The van der Waals surface area contributed by atoms with Gasteiger partial charge in [-0.2, -0.15) is 0 Å². The van der Waals surface area contributed by atoms with Crippen molar-refractivity contribution in [3.05, 3.63) is 66.7 Å². The van der Waals surface area contributed by atoms with Gasteiger partial charge in [0, 0.05) is 5.92 Å². The number of rotatable bonds is 4. The quantitative estimate of drug-likeness (QED) is 0.879. The molecule has 113 valence electrons. The largest absolute Gasteiger partial charge is 0.347 e. The second-order valence-corrected chi connectivity index (χ2v) is 5.98. The summed E-state index contributed by atoms with van der Waals surface area (Å²) in [5, 5.41) is 2.98. The van der Waals surface area contributed by atoms with Gasteiger partial charge in [0.25, 0.3) is 0 Å². The van der Waals surface area contributed by atoms with Crippen molar-refractivity contribution in [1.29, 1.82) is 0 Å². The first kappa shape index (κ1) is 14.8. The Bertz CT molecular complexity index is 615. The van der Waals surface area contributed by atoms with Crippen molar-refractivity contribution in [1.82, 2.24) is 5.32 Å². The van der Waals surface area contributed by atoms with Crippen molar-refractivity contribution in [3.63, 3.8) is 0 Å². The fourth-order valence-corrected chi connectivity index (χ4v) is 3.08. The Morgan fingerprint density at radius 1 is 0.909 bits per heavy atom. The molecule has 1 amide bonds. The minimum Gasteiger partial charge on any atom is -0.347 e. The molecule has 1 N–H and O–H groups in total. The summed E-state index contributed by atoms with van der Waals surface area (Å²) in [6.45, 7) is 1.84. The summed E-state index contributed by atoms with van der Waals surface area (Å²) in [5.74, 6) is 0.368. The summed E-state index contributed by atoms with van der Waals surface area (Å²) in [6.07, 6.45) is 5.70. The Balaban J connectivity index is 1.62. The summed E-state index contributed by atoms with van der Waals surface area (Å²) in [4.78, 5) is 12.2. The number of carbonyl (C=O) groups excluding carboxylic acids is 1. The van der Waals surface area contributed by atoms with Crippen LogP contribution in [0, 0.1) is 12.5 Å². The lowest BCUT2D eigenvalue weighted by atomic mass is 9.88. The molecular formula is C20H22NO. The highest BCUT2D eigenvalue weighted by atomic mass is 16.1. The summed E-state index contributed by atoms with van der Waals surface area (Å²) in [7, 11) is 0. The van der Waals surface area contributed by atoms with Gasteiger partial charge in [0.1, 0.15) is 0 Å². The molecule has 0 bridgehead atoms. The second-order valence-electron chi connectivity index (χ2n) is 5.98. The standard InChI is InChI=1S/C20H22NO/c22-20(18-11-5-2-6-12-18)21-15-16-8-7-13-19(14-16)17-9-3-1-4-10-17/h1,3-4,7-10,13-15,18H,2,5-6,11-12H2,(H,21,22). The molecule has 0 atom stereocenters. The van der Waals surface area contributed by atoms with Gasteiger partial charge in [0.2, 0.25) is 5.91 Å². The van der Waals surface area contributed by atoms with Crippen LogP contribution in [0.4, 0.5) is 0 Å². The van der Waals surface area contributed by atoms with E-state index in [0.717, 1.165) is 18.4 Å². The minimum absolute atomic E-state index is 0.171. The van der Waals surface area contributed by atoms with Crippen LogP contribution in [0.25, 0.3) is 11.1 Å². The minimum atomic E-state index is 0.171. The van der Waals surface area contributed by atoms with E-state index in [1.165, 1.54) is 30.4 Å². The van der Waals surface area contributed by atoms with Gasteiger partial charge in [-0.05, 0) is 35.6 Å². The van der Waals surface area contributed by atoms with Crippen molar-refractivity contribution >= 4 is 5.91 Å². The number of nitrogens with one attached hydrogen (secondary N) is 1. The van der Waals surface area contributed by atoms with Crippen LogP contribution in [0.1, 0.15) is 37.7 Å². The van der Waals surface area contributed by atoms with Crippen LogP contribution in [0.2, 0.25) is 0 Å². The predicted octanol–water partition coefficient (Wildman–Crippen LogP) is 4.56. The van der Waals surface area contributed by atoms with Crippen LogP contribution in [-0.2, 0) is 4.79 Å². The predicted molar refractivity (Wildman–Crippen MR) is 90.0 cm³/mol. The molecule has 1 radical (unpaired) electrons. The lowest BCUT2D eigenvalue weighted by molar-refractivity contribution is -0.125. The number of hydrogen-bond acceptors (Lipinski definition) is 1. The molecule has 3 rings (SSSR count). The van der Waals surface area contributed by atoms with Crippen molar-refractivity contribution in [2.24, 2.45) is 5.92 Å². The molecule has 1 aliphatic rings. The molecule has 2 heteroatoms. The average Bonchev–Trinajstić information content (AvgIpc) is 2.61. The van der Waals surface area contributed by atoms with E-state index in [9.17, 15) is 4.79 Å². The molecule has 1 aliphatic carbocycles. The zero-order valence-corrected chi connectivity index (χ0v) is 12.8. The van der Waals surface area contributed by atoms with Crippen molar-refractivity contribution in [2.75, 3.05) is 0 Å². The molecule has 1 fully saturated rings. The van der Waals surface area contributed by atoms with Gasteiger partial charge in [-0.3, -0.25) is 4.79 Å². The Labute approximate surface area is 132 Å². The SMILES string of the molecule is O=C(N[CH]c1cccc(-c2ccccc2)c1)C1CCCCC1. The first-order valence-electron chi connectivity index (χ1n) is 8.12. The topological polar surface area (TPSA) is 29.1 Å². The zero-order chi connectivity index (χ0) is 15.2. The van der Waals surface area contributed by atoms with Gasteiger partial charge in [0.05, 0.1) is 6.54 Å². The maximum absolute atomic E-state index is 12.2. The molecule has 0 heterocycles. The van der Waals surface area contributed by atoms with Crippen LogP contribution in [0.5, 0.6) is 0 Å². The maximum Gasteiger partial charge on any atom is 0.223 e. The highest BCUT2D eigenvalue weighted by Gasteiger charge is 2.20. The van der Waals surface area contributed by atoms with Gasteiger partial charge in [-0.15, -0.1) is 0 Å². The van der Waals surface area contributed by atoms with Crippen LogP contribution < -0.4 is 5.32 Å². The second kappa shape index (κ2) is 7.26. The van der Waals surface area contributed by atoms with E-state index in [-0.39, 0.29) is 11.8 Å². The van der Waals surface area contributed by atoms with Gasteiger partial charge in [0.15, 0.2) is 0 Å². The van der Waals surface area contributed by atoms with Gasteiger partial charge in [-0.1, -0.05) is 67.8 Å². The molecule has 0 spiro atoms. The Morgan fingerprint density at radius 3 is 2.41 bits per heavy atom. The number of carbonyl (C=O) groups is 1. The van der Waals surface area contributed by atoms with E-state index >= 15 is 0 Å². The van der Waals surface area contributed by atoms with Crippen molar-refractivity contribution in [3.8, 4) is 11.1 Å². The molecule has 0 saturated heterocycles. The van der Waals surface area contributed by atoms with Gasteiger partial charge in [-0.25, -0.2) is 0 Å². The molecule has 22 heavy (non-hydrogen) atoms. The van der Waals surface area contributed by atoms with Crippen LogP contribution >= 0.6 is 0 Å². The molecular weight excluding hydrogens is 270 g/mol. The Morgan fingerprint density at radius 2 is 1.64 bits per heavy atom. The van der Waals surface area contributed by atoms with E-state index in [4.69, 9.17) is 0 Å². The summed E-state index contributed by atoms with van der Waals surface area (Å²) < 4.78 is 0. The maximum atomic E-state index is 12.2. The van der Waals surface area contributed by atoms with Crippen molar-refractivity contribution in [2.45, 2.75) is 32.1 Å². The third-order valence-corrected chi connectivity index (χ3v) is 4.35. The molecule has 0 aromatic heterocycles. The fraction of sp³-hybridized carbons (Fsp3) is 0.300. The third kappa shape index (κ3) is 3.76. The first-order chi connectivity index (χ1) is 10.8. The molecule has 1 saturated carbocycles. The van der Waals surface area contributed by atoms with E-state index in [0.29, 0.717) is 0 Å². The van der Waals surface area contributed by atoms with Gasteiger partial charge < -0.3 is 5.32 Å². The number of hydrogen-bond donors (Lipinski definition) is 1. The Kier molecular flexibility index (Phi) is 4.89. The van der Waals surface area contributed by atoms with Crippen LogP contribution in [-0.4, -0.2) is 5.91 Å². The first-order valence-corrected chi connectivity index (χ1v) is 8.12. The summed E-state index contributed by atoms with van der Waals surface area (Å²) >= 11 is 0. The average molecular weight is 292 g/mol. The number of benzene rings is 2. The fourth-order valence-electron chi connectivity index (χ4n) is 3.08. The monoisotopic (exact) mass is 292 g/mol. The number of amides is 1. The smallest absolute Gasteiger partial charge is 0.223 e. The zero-order valence-electron chi connectivity index (χ0n) is 12.8. The third-order valence-electron chi connectivity index (χ3n) is 4.35. The van der Waals surface area contributed by atoms with Crippen LogP contribution in [0.3, 0.4) is 0 Å². The molecule has 0 unspecified atom stereocenters. The van der Waals surface area contributed by atoms with E-state index < -0.39 is 0 Å². The van der Waals surface area contributed by atoms with Gasteiger partial charge >= 0.3 is 0 Å². The van der Waals surface area contributed by atoms with E-state index in [1.807, 2.05) is 36.9 Å². The molecule has 2 nitrogen and oxygen atoms in total. The molecule has 2 aromatic carbocycles. The lowest BCUT2D eigenvalue weighted by Gasteiger charge is -2.20. The Hall–Kier alpha value is -2.09. The summed E-state index contributed by atoms with van der Waals surface area (Å²) in [6, 6.07) is 18.5. The van der Waals surface area contributed by atoms with Crippen molar-refractivity contribution < 1.29 is 4.79 Å². The molecule has 2 aromatic rings. The van der Waals surface area contributed by atoms with E-state index in [2.05, 4.69) is 29.6 Å². The highest BCUT2D eigenvalue weighted by Crippen LogP contribution is 2.24. The highest BCUT2D eigenvalue weighted by molar-refractivity contribution is 5.80. The normalized spacial score (nSPS) is 15.5. The summed E-state index contributed by atoms with van der Waals surface area (Å²) in [5.41, 5.74) is 3.39.